The molecule has 0 aromatic carbocycles. The maximum atomic E-state index is 5.67. The van der Waals surface area contributed by atoms with E-state index < -0.39 is 0 Å². The normalized spacial score (nSPS) is 13.0. The summed E-state index contributed by atoms with van der Waals surface area (Å²) >= 11 is 0. The van der Waals surface area contributed by atoms with Crippen molar-refractivity contribution in [1.29, 1.82) is 0 Å². The zero-order valence-corrected chi connectivity index (χ0v) is 7.04. The molecule has 0 amide bonds. The summed E-state index contributed by atoms with van der Waals surface area (Å²) in [6.45, 7) is 4.05. The van der Waals surface area contributed by atoms with Crippen LogP contribution >= 0.6 is 0 Å². The minimum absolute atomic E-state index is 0.0911. The Bertz CT molecular complexity index is 214. The minimum Gasteiger partial charge on any atom is -0.324 e. The molecule has 1 aromatic rings. The van der Waals surface area contributed by atoms with Gasteiger partial charge in [0.1, 0.15) is 0 Å². The first-order chi connectivity index (χ1) is 5.24. The fraction of sp³-hybridized carbons (Fsp3) is 0.444. The molecule has 0 radical (unpaired) electrons. The molecule has 2 heteroatoms. The summed E-state index contributed by atoms with van der Waals surface area (Å²) in [5.74, 6) is 0. The number of pyridine rings is 1. The van der Waals surface area contributed by atoms with E-state index >= 15 is 0 Å². The van der Waals surface area contributed by atoms with Gasteiger partial charge in [0, 0.05) is 17.9 Å². The van der Waals surface area contributed by atoms with E-state index in [0.29, 0.717) is 0 Å². The van der Waals surface area contributed by atoms with Crippen molar-refractivity contribution < 1.29 is 0 Å². The molecule has 0 saturated heterocycles. The standard InChI is InChI=1S/C9H14N2/c1-3-9-5-4-8(6-11-9)7(2)10/h4-7H,3,10H2,1-2H3. The van der Waals surface area contributed by atoms with Crippen molar-refractivity contribution in [2.24, 2.45) is 5.73 Å². The Morgan fingerprint density at radius 2 is 2.27 bits per heavy atom. The van der Waals surface area contributed by atoms with Gasteiger partial charge < -0.3 is 5.73 Å². The van der Waals surface area contributed by atoms with Gasteiger partial charge in [-0.25, -0.2) is 0 Å². The molecule has 2 nitrogen and oxygen atoms in total. The van der Waals surface area contributed by atoms with E-state index in [4.69, 9.17) is 5.73 Å². The number of nitrogens with zero attached hydrogens (tertiary/aromatic N) is 1. The maximum Gasteiger partial charge on any atom is 0.0401 e. The molecule has 0 aliphatic carbocycles. The second-order valence-electron chi connectivity index (χ2n) is 2.73. The van der Waals surface area contributed by atoms with Gasteiger partial charge in [0.2, 0.25) is 0 Å². The van der Waals surface area contributed by atoms with Crippen LogP contribution in [0.5, 0.6) is 0 Å². The van der Waals surface area contributed by atoms with Gasteiger partial charge in [-0.1, -0.05) is 13.0 Å². The molecule has 0 fully saturated rings. The fourth-order valence-electron chi connectivity index (χ4n) is 0.914. The van der Waals surface area contributed by atoms with Gasteiger partial charge >= 0.3 is 0 Å². The number of hydrogen-bond donors (Lipinski definition) is 1. The number of rotatable bonds is 2. The van der Waals surface area contributed by atoms with E-state index in [1.165, 1.54) is 0 Å². The molecule has 1 aromatic heterocycles. The molecule has 0 bridgehead atoms. The third-order valence-corrected chi connectivity index (χ3v) is 1.74. The van der Waals surface area contributed by atoms with Crippen LogP contribution in [0.4, 0.5) is 0 Å². The van der Waals surface area contributed by atoms with Gasteiger partial charge in [0.25, 0.3) is 0 Å². The quantitative estimate of drug-likeness (QED) is 0.696. The lowest BCUT2D eigenvalue weighted by molar-refractivity contribution is 0.807. The summed E-state index contributed by atoms with van der Waals surface area (Å²) < 4.78 is 0. The molecule has 1 unspecified atom stereocenters. The Balaban J connectivity index is 2.83. The Morgan fingerprint density at radius 1 is 1.55 bits per heavy atom. The summed E-state index contributed by atoms with van der Waals surface area (Å²) in [5, 5.41) is 0. The van der Waals surface area contributed by atoms with Crippen LogP contribution < -0.4 is 5.73 Å². The number of aryl methyl sites for hydroxylation is 1. The lowest BCUT2D eigenvalue weighted by Gasteiger charge is -2.04. The highest BCUT2D eigenvalue weighted by Crippen LogP contribution is 2.07. The average molecular weight is 150 g/mol. The van der Waals surface area contributed by atoms with Crippen molar-refractivity contribution in [3.63, 3.8) is 0 Å². The van der Waals surface area contributed by atoms with Crippen molar-refractivity contribution in [1.82, 2.24) is 4.98 Å². The van der Waals surface area contributed by atoms with Crippen LogP contribution in [-0.4, -0.2) is 4.98 Å². The van der Waals surface area contributed by atoms with Crippen LogP contribution in [0, 0.1) is 0 Å². The number of aromatic nitrogens is 1. The highest BCUT2D eigenvalue weighted by atomic mass is 14.7. The van der Waals surface area contributed by atoms with Gasteiger partial charge in [-0.3, -0.25) is 4.98 Å². The molecule has 60 valence electrons. The van der Waals surface area contributed by atoms with Crippen molar-refractivity contribution in [3.05, 3.63) is 29.6 Å². The van der Waals surface area contributed by atoms with E-state index in [9.17, 15) is 0 Å². The summed E-state index contributed by atoms with van der Waals surface area (Å²) in [4.78, 5) is 4.24. The fourth-order valence-corrected chi connectivity index (χ4v) is 0.914. The van der Waals surface area contributed by atoms with Crippen LogP contribution in [0.15, 0.2) is 18.3 Å². The van der Waals surface area contributed by atoms with E-state index in [1.54, 1.807) is 0 Å². The molecular formula is C9H14N2. The predicted molar refractivity (Wildman–Crippen MR) is 46.2 cm³/mol. The van der Waals surface area contributed by atoms with Gasteiger partial charge in [-0.05, 0) is 25.0 Å². The number of nitrogens with two attached hydrogens (primary N) is 1. The molecular weight excluding hydrogens is 136 g/mol. The summed E-state index contributed by atoms with van der Waals surface area (Å²) in [6, 6.07) is 4.16. The highest BCUT2D eigenvalue weighted by molar-refractivity contribution is 5.16. The summed E-state index contributed by atoms with van der Waals surface area (Å²) in [7, 11) is 0. The first-order valence-corrected chi connectivity index (χ1v) is 3.94. The second-order valence-corrected chi connectivity index (χ2v) is 2.73. The maximum absolute atomic E-state index is 5.67. The molecule has 0 aliphatic heterocycles. The molecule has 0 saturated carbocycles. The first kappa shape index (κ1) is 8.21. The van der Waals surface area contributed by atoms with Crippen LogP contribution in [0.2, 0.25) is 0 Å². The first-order valence-electron chi connectivity index (χ1n) is 3.94. The third kappa shape index (κ3) is 2.02. The average Bonchev–Trinajstić information content (AvgIpc) is 2.05. The van der Waals surface area contributed by atoms with Gasteiger partial charge in [-0.2, -0.15) is 0 Å². The molecule has 1 heterocycles. The summed E-state index contributed by atoms with van der Waals surface area (Å²) in [6.07, 6.45) is 2.84. The van der Waals surface area contributed by atoms with Crippen molar-refractivity contribution in [2.45, 2.75) is 26.3 Å². The van der Waals surface area contributed by atoms with Crippen molar-refractivity contribution in [3.8, 4) is 0 Å². The third-order valence-electron chi connectivity index (χ3n) is 1.74. The minimum atomic E-state index is 0.0911. The van der Waals surface area contributed by atoms with Gasteiger partial charge in [0.15, 0.2) is 0 Å². The summed E-state index contributed by atoms with van der Waals surface area (Å²) in [5.41, 5.74) is 7.88. The molecule has 11 heavy (non-hydrogen) atoms. The second kappa shape index (κ2) is 3.49. The zero-order chi connectivity index (χ0) is 8.27. The lowest BCUT2D eigenvalue weighted by Crippen LogP contribution is -2.05. The highest BCUT2D eigenvalue weighted by Gasteiger charge is 1.98. The van der Waals surface area contributed by atoms with Crippen molar-refractivity contribution in [2.75, 3.05) is 0 Å². The smallest absolute Gasteiger partial charge is 0.0401 e. The monoisotopic (exact) mass is 150 g/mol. The lowest BCUT2D eigenvalue weighted by atomic mass is 10.1. The Morgan fingerprint density at radius 3 is 2.64 bits per heavy atom. The van der Waals surface area contributed by atoms with Crippen LogP contribution in [0.1, 0.15) is 31.1 Å². The Labute approximate surface area is 67.5 Å². The SMILES string of the molecule is CCc1ccc(C(C)N)cn1. The van der Waals surface area contributed by atoms with Crippen LogP contribution in [0.3, 0.4) is 0 Å². The molecule has 0 spiro atoms. The largest absolute Gasteiger partial charge is 0.324 e. The van der Waals surface area contributed by atoms with Crippen LogP contribution in [-0.2, 0) is 6.42 Å². The zero-order valence-electron chi connectivity index (χ0n) is 7.04. The van der Waals surface area contributed by atoms with E-state index in [1.807, 2.05) is 25.3 Å². The number of hydrogen-bond acceptors (Lipinski definition) is 2. The molecule has 2 N–H and O–H groups in total. The molecule has 1 rings (SSSR count). The van der Waals surface area contributed by atoms with Crippen molar-refractivity contribution >= 4 is 0 Å². The van der Waals surface area contributed by atoms with E-state index in [-0.39, 0.29) is 6.04 Å². The molecule has 1 atom stereocenters. The van der Waals surface area contributed by atoms with E-state index in [0.717, 1.165) is 17.7 Å². The predicted octanol–water partition coefficient (Wildman–Crippen LogP) is 1.66. The van der Waals surface area contributed by atoms with Crippen LogP contribution in [0.25, 0.3) is 0 Å². The van der Waals surface area contributed by atoms with E-state index in [2.05, 4.69) is 11.9 Å². The Hall–Kier alpha value is -0.890. The van der Waals surface area contributed by atoms with Gasteiger partial charge in [-0.15, -0.1) is 0 Å². The Kier molecular flexibility index (Phi) is 2.60. The van der Waals surface area contributed by atoms with Gasteiger partial charge in [0.05, 0.1) is 0 Å². The molecule has 0 aliphatic rings. The topological polar surface area (TPSA) is 38.9 Å².